The summed E-state index contributed by atoms with van der Waals surface area (Å²) in [6.07, 6.45) is 0. The van der Waals surface area contributed by atoms with Gasteiger partial charge in [0.2, 0.25) is 0 Å². The molecule has 0 bridgehead atoms. The average Bonchev–Trinajstić information content (AvgIpc) is 2.48. The molecule has 19 heavy (non-hydrogen) atoms. The maximum Gasteiger partial charge on any atom is 0.160 e. The summed E-state index contributed by atoms with van der Waals surface area (Å²) < 4.78 is 5.65. The predicted octanol–water partition coefficient (Wildman–Crippen LogP) is 4.86. The fraction of sp³-hybridized carbons (Fsp3) is 0.375. The van der Waals surface area contributed by atoms with Gasteiger partial charge >= 0.3 is 0 Å². The zero-order chi connectivity index (χ0) is 14.5. The lowest BCUT2D eigenvalue weighted by Gasteiger charge is -2.17. The van der Waals surface area contributed by atoms with Crippen molar-refractivity contribution in [2.45, 2.75) is 40.2 Å². The molecule has 0 saturated heterocycles. The van der Waals surface area contributed by atoms with Gasteiger partial charge in [-0.05, 0) is 56.9 Å². The monoisotopic (exact) mass is 278 g/mol. The number of halogens is 1. The smallest absolute Gasteiger partial charge is 0.160 e. The summed E-state index contributed by atoms with van der Waals surface area (Å²) in [6.45, 7) is 13.5. The van der Waals surface area contributed by atoms with Crippen molar-refractivity contribution in [1.29, 1.82) is 0 Å². The molecule has 1 aromatic carbocycles. The van der Waals surface area contributed by atoms with Crippen LogP contribution in [0.3, 0.4) is 0 Å². The number of rotatable bonds is 1. The molecule has 0 aromatic heterocycles. The number of hydrogen-bond donors (Lipinski definition) is 1. The van der Waals surface area contributed by atoms with E-state index in [2.05, 4.69) is 6.58 Å². The van der Waals surface area contributed by atoms with Crippen LogP contribution in [0.2, 0.25) is 5.02 Å². The molecule has 0 atom stereocenters. The van der Waals surface area contributed by atoms with E-state index >= 15 is 0 Å². The van der Waals surface area contributed by atoms with Gasteiger partial charge < -0.3 is 9.84 Å². The van der Waals surface area contributed by atoms with Gasteiger partial charge in [-0.25, -0.2) is 0 Å². The molecule has 0 spiro atoms. The Balaban J connectivity index is 2.77. The number of hydrogen-bond acceptors (Lipinski definition) is 2. The van der Waals surface area contributed by atoms with E-state index in [0.717, 1.165) is 27.3 Å². The van der Waals surface area contributed by atoms with Crippen LogP contribution in [0.1, 0.15) is 36.1 Å². The van der Waals surface area contributed by atoms with Gasteiger partial charge in [-0.3, -0.25) is 0 Å². The van der Waals surface area contributed by atoms with Crippen LogP contribution < -0.4 is 0 Å². The van der Waals surface area contributed by atoms with Gasteiger partial charge in [0.1, 0.15) is 11.5 Å². The molecule has 1 N–H and O–H groups in total. The fourth-order valence-electron chi connectivity index (χ4n) is 2.64. The minimum absolute atomic E-state index is 0.212. The largest absolute Gasteiger partial charge is 0.507 e. The van der Waals surface area contributed by atoms with Gasteiger partial charge in [-0.2, -0.15) is 0 Å². The van der Waals surface area contributed by atoms with Gasteiger partial charge in [-0.15, -0.1) is 0 Å². The first kappa shape index (κ1) is 14.0. The Labute approximate surface area is 119 Å². The summed E-state index contributed by atoms with van der Waals surface area (Å²) in [6, 6.07) is 2.02. The number of aliphatic hydroxyl groups excluding tert-OH is 1. The van der Waals surface area contributed by atoms with Crippen LogP contribution in [0.4, 0.5) is 0 Å². The van der Waals surface area contributed by atoms with Crippen LogP contribution in [0.15, 0.2) is 24.2 Å². The van der Waals surface area contributed by atoms with Crippen molar-refractivity contribution in [2.24, 2.45) is 0 Å². The highest BCUT2D eigenvalue weighted by molar-refractivity contribution is 6.32. The zero-order valence-corrected chi connectivity index (χ0v) is 12.8. The summed E-state index contributed by atoms with van der Waals surface area (Å²) >= 11 is 6.33. The highest BCUT2D eigenvalue weighted by atomic mass is 35.5. The van der Waals surface area contributed by atoms with Crippen molar-refractivity contribution >= 4 is 17.2 Å². The van der Waals surface area contributed by atoms with Crippen LogP contribution in [0.5, 0.6) is 0 Å². The first-order valence-electron chi connectivity index (χ1n) is 6.25. The SMILES string of the molecule is C=C1OC(C)(C)C(O)=C1c1c(C)cc(C)c(Cl)c1C. The highest BCUT2D eigenvalue weighted by Crippen LogP contribution is 2.44. The fourth-order valence-corrected chi connectivity index (χ4v) is 2.79. The third-order valence-corrected chi connectivity index (χ3v) is 4.17. The molecule has 0 aliphatic carbocycles. The van der Waals surface area contributed by atoms with Gasteiger partial charge in [0.15, 0.2) is 5.60 Å². The van der Waals surface area contributed by atoms with Crippen molar-refractivity contribution < 1.29 is 9.84 Å². The van der Waals surface area contributed by atoms with Gasteiger partial charge in [0.05, 0.1) is 5.57 Å². The minimum Gasteiger partial charge on any atom is -0.507 e. The summed E-state index contributed by atoms with van der Waals surface area (Å²) in [5.41, 5.74) is 3.89. The van der Waals surface area contributed by atoms with Crippen LogP contribution in [-0.2, 0) is 4.74 Å². The van der Waals surface area contributed by atoms with Crippen molar-refractivity contribution in [2.75, 3.05) is 0 Å². The zero-order valence-electron chi connectivity index (χ0n) is 12.0. The van der Waals surface area contributed by atoms with Gasteiger partial charge in [-0.1, -0.05) is 24.2 Å². The Bertz CT molecular complexity index is 610. The lowest BCUT2D eigenvalue weighted by atomic mass is 9.91. The first-order chi connectivity index (χ1) is 8.66. The van der Waals surface area contributed by atoms with Crippen LogP contribution in [0, 0.1) is 20.8 Å². The summed E-state index contributed by atoms with van der Waals surface area (Å²) in [5, 5.41) is 11.1. The molecule has 0 fully saturated rings. The standard InChI is InChI=1S/C16H19ClO2/c1-8-7-9(2)14(17)10(3)12(8)13-11(4)19-16(5,6)15(13)18/h7,18H,4H2,1-3,5-6H3. The maximum absolute atomic E-state index is 10.4. The molecule has 0 amide bonds. The Morgan fingerprint density at radius 1 is 1.21 bits per heavy atom. The molecule has 102 valence electrons. The summed E-state index contributed by atoms with van der Waals surface area (Å²) in [7, 11) is 0. The third-order valence-electron chi connectivity index (χ3n) is 3.59. The Morgan fingerprint density at radius 2 is 1.79 bits per heavy atom. The van der Waals surface area contributed by atoms with E-state index in [1.165, 1.54) is 0 Å². The van der Waals surface area contributed by atoms with Crippen LogP contribution in [-0.4, -0.2) is 10.7 Å². The normalized spacial score (nSPS) is 17.9. The van der Waals surface area contributed by atoms with E-state index in [4.69, 9.17) is 16.3 Å². The molecule has 0 saturated carbocycles. The Morgan fingerprint density at radius 3 is 2.26 bits per heavy atom. The van der Waals surface area contributed by atoms with Crippen molar-refractivity contribution in [1.82, 2.24) is 0 Å². The van der Waals surface area contributed by atoms with E-state index in [-0.39, 0.29) is 5.76 Å². The van der Waals surface area contributed by atoms with E-state index in [1.54, 1.807) is 0 Å². The van der Waals surface area contributed by atoms with Crippen LogP contribution in [0.25, 0.3) is 5.57 Å². The lowest BCUT2D eigenvalue weighted by molar-refractivity contribution is 0.0609. The summed E-state index contributed by atoms with van der Waals surface area (Å²) in [4.78, 5) is 0. The molecule has 1 heterocycles. The van der Waals surface area contributed by atoms with E-state index < -0.39 is 5.60 Å². The number of allylic oxidation sites excluding steroid dienone is 1. The van der Waals surface area contributed by atoms with Crippen molar-refractivity contribution in [3.05, 3.63) is 51.4 Å². The molecular weight excluding hydrogens is 260 g/mol. The number of aryl methyl sites for hydroxylation is 2. The first-order valence-corrected chi connectivity index (χ1v) is 6.63. The van der Waals surface area contributed by atoms with Gasteiger partial charge in [0.25, 0.3) is 0 Å². The molecule has 3 heteroatoms. The number of ether oxygens (including phenoxy) is 1. The molecule has 2 rings (SSSR count). The second kappa shape index (κ2) is 4.31. The van der Waals surface area contributed by atoms with Crippen molar-refractivity contribution in [3.63, 3.8) is 0 Å². The highest BCUT2D eigenvalue weighted by Gasteiger charge is 2.38. The number of benzene rings is 1. The topological polar surface area (TPSA) is 29.5 Å². The number of aliphatic hydroxyl groups is 1. The Kier molecular flexibility index (Phi) is 3.18. The molecular formula is C16H19ClO2. The molecule has 0 radical (unpaired) electrons. The molecule has 1 aliphatic heterocycles. The van der Waals surface area contributed by atoms with E-state index in [0.29, 0.717) is 11.3 Å². The van der Waals surface area contributed by atoms with E-state index in [1.807, 2.05) is 40.7 Å². The maximum atomic E-state index is 10.4. The third kappa shape index (κ3) is 2.04. The molecule has 2 nitrogen and oxygen atoms in total. The quantitative estimate of drug-likeness (QED) is 0.795. The second-order valence-electron chi connectivity index (χ2n) is 5.58. The Hall–Kier alpha value is -1.41. The molecule has 1 aromatic rings. The minimum atomic E-state index is -0.733. The lowest BCUT2D eigenvalue weighted by Crippen LogP contribution is -2.21. The average molecular weight is 279 g/mol. The predicted molar refractivity (Wildman–Crippen MR) is 79.5 cm³/mol. The summed E-state index contributed by atoms with van der Waals surface area (Å²) in [5.74, 6) is 0.706. The second-order valence-corrected chi connectivity index (χ2v) is 5.96. The van der Waals surface area contributed by atoms with E-state index in [9.17, 15) is 5.11 Å². The molecule has 1 aliphatic rings. The molecule has 0 unspecified atom stereocenters. The van der Waals surface area contributed by atoms with Crippen molar-refractivity contribution in [3.8, 4) is 0 Å². The van der Waals surface area contributed by atoms with Gasteiger partial charge in [0, 0.05) is 5.02 Å². The van der Waals surface area contributed by atoms with Crippen LogP contribution >= 0.6 is 11.6 Å².